The standard InChI is InChI=1S/C29H37FN2O5S2/c1-28(2,3)38(33)31-29(26-13-9-10-14-27(26)30,21-37-20-24-11-7-6-8-12-24)22-39(34,35)32(4)19-23-15-17-25(36-5)18-16-23/h6-18,31H,19-22H2,1-5H3/t29-,38-/m1/s1. The van der Waals surface area contributed by atoms with Crippen molar-refractivity contribution < 1.29 is 26.5 Å². The van der Waals surface area contributed by atoms with Gasteiger partial charge in [-0.15, -0.1) is 0 Å². The van der Waals surface area contributed by atoms with Crippen molar-refractivity contribution in [2.24, 2.45) is 0 Å². The molecule has 1 N–H and O–H groups in total. The zero-order valence-electron chi connectivity index (χ0n) is 23.0. The van der Waals surface area contributed by atoms with E-state index in [2.05, 4.69) is 4.72 Å². The predicted octanol–water partition coefficient (Wildman–Crippen LogP) is 4.76. The molecule has 0 saturated carbocycles. The Labute approximate surface area is 234 Å². The summed E-state index contributed by atoms with van der Waals surface area (Å²) in [5.41, 5.74) is 0.0454. The van der Waals surface area contributed by atoms with Gasteiger partial charge in [-0.1, -0.05) is 60.7 Å². The van der Waals surface area contributed by atoms with E-state index in [0.29, 0.717) is 5.75 Å². The average molecular weight is 577 g/mol. The Morgan fingerprint density at radius 1 is 0.923 bits per heavy atom. The molecule has 0 unspecified atom stereocenters. The fourth-order valence-corrected chi connectivity index (χ4v) is 6.41. The molecule has 7 nitrogen and oxygen atoms in total. The molecular weight excluding hydrogens is 539 g/mol. The molecule has 212 valence electrons. The quantitative estimate of drug-likeness (QED) is 0.317. The van der Waals surface area contributed by atoms with Crippen molar-refractivity contribution in [3.05, 3.63) is 101 Å². The van der Waals surface area contributed by atoms with Gasteiger partial charge in [-0.25, -0.2) is 26.0 Å². The number of nitrogens with one attached hydrogen (secondary N) is 1. The molecule has 0 aliphatic rings. The van der Waals surface area contributed by atoms with Crippen LogP contribution in [0.15, 0.2) is 78.9 Å². The van der Waals surface area contributed by atoms with E-state index in [9.17, 15) is 12.6 Å². The molecule has 0 fully saturated rings. The van der Waals surface area contributed by atoms with E-state index >= 15 is 4.39 Å². The molecule has 0 aliphatic carbocycles. The van der Waals surface area contributed by atoms with Gasteiger partial charge in [0.1, 0.15) is 11.6 Å². The Kier molecular flexibility index (Phi) is 10.4. The number of benzene rings is 3. The summed E-state index contributed by atoms with van der Waals surface area (Å²) in [5, 5.41) is 0. The molecule has 0 aliphatic heterocycles. The monoisotopic (exact) mass is 576 g/mol. The summed E-state index contributed by atoms with van der Waals surface area (Å²) in [7, 11) is -2.74. The van der Waals surface area contributed by atoms with Crippen molar-refractivity contribution >= 4 is 21.0 Å². The van der Waals surface area contributed by atoms with Gasteiger partial charge >= 0.3 is 0 Å². The Morgan fingerprint density at radius 2 is 1.54 bits per heavy atom. The number of nitrogens with zero attached hydrogens (tertiary/aromatic N) is 1. The highest BCUT2D eigenvalue weighted by Crippen LogP contribution is 2.30. The second-order valence-corrected chi connectivity index (χ2v) is 14.4. The number of rotatable bonds is 13. The van der Waals surface area contributed by atoms with Gasteiger partial charge < -0.3 is 9.47 Å². The molecule has 0 saturated heterocycles. The van der Waals surface area contributed by atoms with Crippen LogP contribution in [0, 0.1) is 5.82 Å². The average Bonchev–Trinajstić information content (AvgIpc) is 2.89. The van der Waals surface area contributed by atoms with Crippen molar-refractivity contribution in [2.75, 3.05) is 26.5 Å². The largest absolute Gasteiger partial charge is 0.497 e. The van der Waals surface area contributed by atoms with Gasteiger partial charge in [-0.2, -0.15) is 0 Å². The van der Waals surface area contributed by atoms with Crippen LogP contribution in [0.2, 0.25) is 0 Å². The highest BCUT2D eigenvalue weighted by Gasteiger charge is 2.44. The van der Waals surface area contributed by atoms with Gasteiger partial charge in [0.2, 0.25) is 10.0 Å². The molecule has 0 amide bonds. The first-order valence-corrected chi connectivity index (χ1v) is 15.3. The molecule has 2 atom stereocenters. The van der Waals surface area contributed by atoms with Gasteiger partial charge in [0.25, 0.3) is 0 Å². The Bertz CT molecular complexity index is 1350. The predicted molar refractivity (Wildman–Crippen MR) is 153 cm³/mol. The van der Waals surface area contributed by atoms with Gasteiger partial charge in [-0.3, -0.25) is 0 Å². The highest BCUT2D eigenvalue weighted by atomic mass is 32.2. The maximum Gasteiger partial charge on any atom is 0.216 e. The number of hydrogen-bond donors (Lipinski definition) is 1. The fourth-order valence-electron chi connectivity index (χ4n) is 3.92. The molecule has 0 aromatic heterocycles. The molecular formula is C29H37FN2O5S2. The molecule has 3 aromatic rings. The zero-order chi connectivity index (χ0) is 28.7. The van der Waals surface area contributed by atoms with Crippen LogP contribution in [0.5, 0.6) is 5.75 Å². The lowest BCUT2D eigenvalue weighted by Crippen LogP contribution is -2.56. The first kappa shape index (κ1) is 30.9. The van der Waals surface area contributed by atoms with Gasteiger partial charge in [0.05, 0.1) is 47.3 Å². The van der Waals surface area contributed by atoms with E-state index in [1.54, 1.807) is 58.2 Å². The first-order valence-electron chi connectivity index (χ1n) is 12.5. The van der Waals surface area contributed by atoms with Crippen LogP contribution in [0.1, 0.15) is 37.5 Å². The summed E-state index contributed by atoms with van der Waals surface area (Å²) >= 11 is 0. The van der Waals surface area contributed by atoms with Crippen LogP contribution >= 0.6 is 0 Å². The van der Waals surface area contributed by atoms with Crippen molar-refractivity contribution in [1.29, 1.82) is 0 Å². The summed E-state index contributed by atoms with van der Waals surface area (Å²) in [6, 6.07) is 22.4. The minimum absolute atomic E-state index is 0.0667. The van der Waals surface area contributed by atoms with E-state index in [0.717, 1.165) is 11.1 Å². The van der Waals surface area contributed by atoms with Crippen LogP contribution in [-0.2, 0) is 44.4 Å². The Morgan fingerprint density at radius 3 is 2.13 bits per heavy atom. The fraction of sp³-hybridized carbons (Fsp3) is 0.379. The number of methoxy groups -OCH3 is 1. The smallest absolute Gasteiger partial charge is 0.216 e. The summed E-state index contributed by atoms with van der Waals surface area (Å²) in [6.45, 7) is 5.31. The van der Waals surface area contributed by atoms with E-state index in [1.807, 2.05) is 30.3 Å². The van der Waals surface area contributed by atoms with Crippen LogP contribution in [0.3, 0.4) is 0 Å². The second kappa shape index (κ2) is 13.1. The maximum absolute atomic E-state index is 15.4. The molecule has 0 bridgehead atoms. The second-order valence-electron chi connectivity index (χ2n) is 10.4. The topological polar surface area (TPSA) is 84.9 Å². The van der Waals surface area contributed by atoms with Gasteiger partial charge in [0, 0.05) is 19.2 Å². The summed E-state index contributed by atoms with van der Waals surface area (Å²) < 4.78 is 71.0. The molecule has 10 heteroatoms. The third-order valence-electron chi connectivity index (χ3n) is 6.16. The van der Waals surface area contributed by atoms with Gasteiger partial charge in [-0.05, 0) is 50.1 Å². The van der Waals surface area contributed by atoms with Crippen molar-refractivity contribution in [3.8, 4) is 5.75 Å². The first-order chi connectivity index (χ1) is 18.4. The lowest BCUT2D eigenvalue weighted by atomic mass is 9.93. The van der Waals surface area contributed by atoms with Crippen molar-refractivity contribution in [1.82, 2.24) is 9.03 Å². The Balaban J connectivity index is 2.00. The molecule has 0 heterocycles. The van der Waals surface area contributed by atoms with Crippen LogP contribution in [0.4, 0.5) is 4.39 Å². The third kappa shape index (κ3) is 8.43. The molecule has 3 aromatic carbocycles. The summed E-state index contributed by atoms with van der Waals surface area (Å²) in [4.78, 5) is 0. The number of sulfonamides is 1. The van der Waals surface area contributed by atoms with Crippen molar-refractivity contribution in [2.45, 2.75) is 44.2 Å². The minimum Gasteiger partial charge on any atom is -0.497 e. The van der Waals surface area contributed by atoms with E-state index in [1.165, 1.54) is 29.6 Å². The number of ether oxygens (including phenoxy) is 2. The molecule has 39 heavy (non-hydrogen) atoms. The van der Waals surface area contributed by atoms with E-state index < -0.39 is 42.9 Å². The highest BCUT2D eigenvalue weighted by molar-refractivity contribution is 7.89. The zero-order valence-corrected chi connectivity index (χ0v) is 24.6. The van der Waals surface area contributed by atoms with Crippen LogP contribution < -0.4 is 9.46 Å². The summed E-state index contributed by atoms with van der Waals surface area (Å²) in [5.74, 6) is -0.538. The minimum atomic E-state index is -4.02. The van der Waals surface area contributed by atoms with E-state index in [-0.39, 0.29) is 25.3 Å². The molecule has 0 spiro atoms. The lowest BCUT2D eigenvalue weighted by Gasteiger charge is -2.37. The van der Waals surface area contributed by atoms with Crippen LogP contribution in [-0.4, -0.2) is 48.2 Å². The lowest BCUT2D eigenvalue weighted by molar-refractivity contribution is 0.0719. The Hall–Kier alpha value is -2.63. The number of hydrogen-bond acceptors (Lipinski definition) is 5. The number of halogens is 1. The van der Waals surface area contributed by atoms with E-state index in [4.69, 9.17) is 9.47 Å². The summed E-state index contributed by atoms with van der Waals surface area (Å²) in [6.07, 6.45) is 0. The normalized spacial score (nSPS) is 14.6. The van der Waals surface area contributed by atoms with Crippen LogP contribution in [0.25, 0.3) is 0 Å². The molecule has 3 rings (SSSR count). The van der Waals surface area contributed by atoms with Crippen molar-refractivity contribution in [3.63, 3.8) is 0 Å². The SMILES string of the molecule is COc1ccc(CN(C)S(=O)(=O)C[C@@](COCc2ccccc2)(N[S@](=O)C(C)(C)C)c2ccccc2F)cc1. The molecule has 0 radical (unpaired) electrons. The maximum atomic E-state index is 15.4. The third-order valence-corrected chi connectivity index (χ3v) is 9.79. The van der Waals surface area contributed by atoms with Gasteiger partial charge in [0.15, 0.2) is 0 Å².